The van der Waals surface area contributed by atoms with Crippen LogP contribution >= 0.6 is 0 Å². The van der Waals surface area contributed by atoms with E-state index in [2.05, 4.69) is 6.92 Å². The zero-order valence-corrected chi connectivity index (χ0v) is 19.1. The van der Waals surface area contributed by atoms with Crippen LogP contribution in [0.1, 0.15) is 49.7 Å². The molecular formula is C26H29NO5. The summed E-state index contributed by atoms with van der Waals surface area (Å²) in [5, 5.41) is 0. The molecule has 0 bridgehead atoms. The summed E-state index contributed by atoms with van der Waals surface area (Å²) >= 11 is 0. The first kappa shape index (κ1) is 21.9. The van der Waals surface area contributed by atoms with Crippen molar-refractivity contribution in [3.8, 4) is 17.2 Å². The number of rotatable bonds is 6. The molecule has 2 aromatic carbocycles. The Morgan fingerprint density at radius 3 is 2.38 bits per heavy atom. The number of Topliss-reactive ketones (excluding diaryl/α,β-unsaturated/α-hetero) is 1. The van der Waals surface area contributed by atoms with Crippen LogP contribution in [-0.2, 0) is 16.0 Å². The van der Waals surface area contributed by atoms with Crippen LogP contribution in [0.4, 0.5) is 5.69 Å². The number of benzene rings is 2. The number of methoxy groups -OCH3 is 3. The number of hydrogen-bond acceptors (Lipinski definition) is 5. The molecule has 168 valence electrons. The quantitative estimate of drug-likeness (QED) is 0.652. The van der Waals surface area contributed by atoms with Crippen LogP contribution in [0.2, 0.25) is 0 Å². The Morgan fingerprint density at radius 1 is 0.938 bits per heavy atom. The van der Waals surface area contributed by atoms with Gasteiger partial charge < -0.3 is 14.2 Å². The number of carbonyl (C=O) groups excluding carboxylic acids is 2. The summed E-state index contributed by atoms with van der Waals surface area (Å²) in [6, 6.07) is 11.6. The fourth-order valence-electron chi connectivity index (χ4n) is 4.96. The van der Waals surface area contributed by atoms with Crippen molar-refractivity contribution in [1.82, 2.24) is 0 Å². The molecule has 0 fully saturated rings. The van der Waals surface area contributed by atoms with Gasteiger partial charge >= 0.3 is 0 Å². The van der Waals surface area contributed by atoms with E-state index in [1.54, 1.807) is 32.3 Å². The predicted octanol–water partition coefficient (Wildman–Crippen LogP) is 4.80. The lowest BCUT2D eigenvalue weighted by molar-refractivity contribution is -0.119. The van der Waals surface area contributed by atoms with E-state index in [4.69, 9.17) is 14.2 Å². The van der Waals surface area contributed by atoms with E-state index >= 15 is 0 Å². The minimum absolute atomic E-state index is 0.0128. The van der Waals surface area contributed by atoms with Crippen LogP contribution in [-0.4, -0.2) is 33.0 Å². The highest BCUT2D eigenvalue weighted by atomic mass is 16.5. The summed E-state index contributed by atoms with van der Waals surface area (Å²) < 4.78 is 16.7. The van der Waals surface area contributed by atoms with Gasteiger partial charge in [0.2, 0.25) is 11.7 Å². The van der Waals surface area contributed by atoms with Crippen LogP contribution in [0, 0.1) is 0 Å². The molecule has 1 aliphatic carbocycles. The number of carbonyl (C=O) groups is 2. The first-order valence-electron chi connectivity index (χ1n) is 11.0. The minimum atomic E-state index is -0.384. The van der Waals surface area contributed by atoms with E-state index in [1.165, 1.54) is 0 Å². The van der Waals surface area contributed by atoms with E-state index in [-0.39, 0.29) is 24.0 Å². The number of nitrogens with zero attached hydrogens (tertiary/aromatic N) is 1. The number of allylic oxidation sites excluding steroid dienone is 2. The number of amides is 1. The maximum Gasteiger partial charge on any atom is 0.232 e. The molecule has 1 heterocycles. The second-order valence-corrected chi connectivity index (χ2v) is 8.03. The fourth-order valence-corrected chi connectivity index (χ4v) is 4.96. The second-order valence-electron chi connectivity index (χ2n) is 8.03. The van der Waals surface area contributed by atoms with Crippen molar-refractivity contribution >= 4 is 17.4 Å². The Morgan fingerprint density at radius 2 is 1.69 bits per heavy atom. The molecule has 0 saturated heterocycles. The third kappa shape index (κ3) is 3.53. The van der Waals surface area contributed by atoms with E-state index in [9.17, 15) is 9.59 Å². The number of hydrogen-bond donors (Lipinski definition) is 0. The molecule has 0 radical (unpaired) electrons. The van der Waals surface area contributed by atoms with Crippen molar-refractivity contribution in [2.75, 3.05) is 26.2 Å². The zero-order chi connectivity index (χ0) is 22.8. The van der Waals surface area contributed by atoms with Crippen molar-refractivity contribution < 1.29 is 23.8 Å². The summed E-state index contributed by atoms with van der Waals surface area (Å²) in [5.74, 6) is 1.20. The summed E-state index contributed by atoms with van der Waals surface area (Å²) in [6.45, 7) is 2.08. The van der Waals surface area contributed by atoms with E-state index in [0.29, 0.717) is 35.7 Å². The number of para-hydroxylation sites is 1. The molecule has 4 rings (SSSR count). The lowest BCUT2D eigenvalue weighted by Crippen LogP contribution is -2.41. The SMILES string of the molecule is CCc1ccccc1N1C(=O)C[C@@H](c2ccc(OC)c(OC)c2OC)C2=C1CCCC2=O. The molecule has 0 unspecified atom stereocenters. The molecular weight excluding hydrogens is 406 g/mol. The minimum Gasteiger partial charge on any atom is -0.493 e. The van der Waals surface area contributed by atoms with Gasteiger partial charge in [0.1, 0.15) is 0 Å². The van der Waals surface area contributed by atoms with Gasteiger partial charge in [-0.05, 0) is 37.0 Å². The van der Waals surface area contributed by atoms with E-state index in [0.717, 1.165) is 35.4 Å². The number of anilines is 1. The van der Waals surface area contributed by atoms with Crippen LogP contribution in [0.3, 0.4) is 0 Å². The second kappa shape index (κ2) is 9.07. The fraction of sp³-hybridized carbons (Fsp3) is 0.385. The van der Waals surface area contributed by atoms with Gasteiger partial charge in [0.05, 0.1) is 27.0 Å². The maximum atomic E-state index is 13.6. The van der Waals surface area contributed by atoms with Crippen molar-refractivity contribution in [2.24, 2.45) is 0 Å². The Hall–Kier alpha value is -3.28. The van der Waals surface area contributed by atoms with Crippen molar-refractivity contribution in [1.29, 1.82) is 0 Å². The summed E-state index contributed by atoms with van der Waals surface area (Å²) in [4.78, 5) is 28.6. The first-order chi connectivity index (χ1) is 15.5. The van der Waals surface area contributed by atoms with Crippen LogP contribution in [0.25, 0.3) is 0 Å². The van der Waals surface area contributed by atoms with Gasteiger partial charge in [0, 0.05) is 35.6 Å². The molecule has 0 spiro atoms. The normalized spacial score (nSPS) is 18.5. The molecule has 0 saturated carbocycles. The highest BCUT2D eigenvalue weighted by molar-refractivity contribution is 6.08. The highest BCUT2D eigenvalue weighted by Crippen LogP contribution is 2.50. The largest absolute Gasteiger partial charge is 0.493 e. The average molecular weight is 436 g/mol. The molecule has 1 atom stereocenters. The average Bonchev–Trinajstić information content (AvgIpc) is 2.82. The van der Waals surface area contributed by atoms with Gasteiger partial charge in [-0.2, -0.15) is 0 Å². The number of ketones is 1. The number of ether oxygens (including phenoxy) is 3. The highest BCUT2D eigenvalue weighted by Gasteiger charge is 2.41. The van der Waals surface area contributed by atoms with Crippen LogP contribution in [0.5, 0.6) is 17.2 Å². The molecule has 32 heavy (non-hydrogen) atoms. The smallest absolute Gasteiger partial charge is 0.232 e. The standard InChI is InChI=1S/C26H29NO5/c1-5-16-9-6-7-10-19(16)27-20-11-8-12-21(28)24(20)18(15-23(27)29)17-13-14-22(30-2)26(32-4)25(17)31-3/h6-7,9-10,13-14,18H,5,8,11-12,15H2,1-4H3/t18-/m0/s1. The lowest BCUT2D eigenvalue weighted by Gasteiger charge is -2.39. The zero-order valence-electron chi connectivity index (χ0n) is 19.1. The summed E-state index contributed by atoms with van der Waals surface area (Å²) in [5.41, 5.74) is 4.27. The van der Waals surface area contributed by atoms with Crippen LogP contribution < -0.4 is 19.1 Å². The van der Waals surface area contributed by atoms with Gasteiger partial charge in [0.25, 0.3) is 0 Å². The van der Waals surface area contributed by atoms with Gasteiger partial charge in [-0.15, -0.1) is 0 Å². The molecule has 2 aliphatic rings. The van der Waals surface area contributed by atoms with Crippen molar-refractivity contribution in [3.63, 3.8) is 0 Å². The van der Waals surface area contributed by atoms with Gasteiger partial charge in [0.15, 0.2) is 17.3 Å². The Kier molecular flexibility index (Phi) is 6.21. The van der Waals surface area contributed by atoms with E-state index in [1.807, 2.05) is 30.3 Å². The Labute approximate surface area is 188 Å². The Bertz CT molecular complexity index is 1090. The molecule has 1 amide bonds. The molecule has 0 aromatic heterocycles. The third-order valence-electron chi connectivity index (χ3n) is 6.40. The molecule has 2 aromatic rings. The molecule has 0 N–H and O–H groups in total. The van der Waals surface area contributed by atoms with Crippen molar-refractivity contribution in [3.05, 3.63) is 58.8 Å². The van der Waals surface area contributed by atoms with Crippen LogP contribution in [0.15, 0.2) is 47.7 Å². The summed E-state index contributed by atoms with van der Waals surface area (Å²) in [7, 11) is 4.68. The topological polar surface area (TPSA) is 65.1 Å². The van der Waals surface area contributed by atoms with Crippen molar-refractivity contribution in [2.45, 2.75) is 44.9 Å². The monoisotopic (exact) mass is 435 g/mol. The predicted molar refractivity (Wildman–Crippen MR) is 123 cm³/mol. The van der Waals surface area contributed by atoms with Gasteiger partial charge in [-0.25, -0.2) is 0 Å². The van der Waals surface area contributed by atoms with E-state index < -0.39 is 0 Å². The van der Waals surface area contributed by atoms with Gasteiger partial charge in [-0.1, -0.05) is 31.2 Å². The molecule has 6 nitrogen and oxygen atoms in total. The third-order valence-corrected chi connectivity index (χ3v) is 6.40. The lowest BCUT2D eigenvalue weighted by atomic mass is 9.76. The Balaban J connectivity index is 1.92. The first-order valence-corrected chi connectivity index (χ1v) is 11.0. The summed E-state index contributed by atoms with van der Waals surface area (Å²) in [6.07, 6.45) is 2.92. The molecule has 6 heteroatoms. The molecule has 1 aliphatic heterocycles. The number of aryl methyl sites for hydroxylation is 1. The van der Waals surface area contributed by atoms with Gasteiger partial charge in [-0.3, -0.25) is 14.5 Å². The maximum absolute atomic E-state index is 13.6.